The van der Waals surface area contributed by atoms with E-state index in [-0.39, 0.29) is 5.57 Å². The van der Waals surface area contributed by atoms with Gasteiger partial charge in [0.1, 0.15) is 17.9 Å². The van der Waals surface area contributed by atoms with Crippen molar-refractivity contribution < 1.29 is 19.1 Å². The molecule has 1 saturated heterocycles. The molecule has 1 N–H and O–H groups in total. The van der Waals surface area contributed by atoms with Crippen LogP contribution in [0.2, 0.25) is 0 Å². The van der Waals surface area contributed by atoms with Crippen LogP contribution in [0.1, 0.15) is 22.3 Å². The summed E-state index contributed by atoms with van der Waals surface area (Å²) in [5.74, 6) is -0.915. The second-order valence-electron chi connectivity index (χ2n) is 7.70. The highest BCUT2D eigenvalue weighted by molar-refractivity contribution is 9.10. The molecule has 33 heavy (non-hydrogen) atoms. The number of carbonyl (C=O) groups is 3. The average molecular weight is 505 g/mol. The molecule has 0 atom stereocenters. The Hall–Kier alpha value is -3.71. The largest absolute Gasteiger partial charge is 0.488 e. The van der Waals surface area contributed by atoms with Crippen molar-refractivity contribution in [2.45, 2.75) is 20.5 Å². The lowest BCUT2D eigenvalue weighted by Crippen LogP contribution is -2.54. The molecule has 1 aliphatic rings. The maximum absolute atomic E-state index is 13.2. The predicted molar refractivity (Wildman–Crippen MR) is 130 cm³/mol. The van der Waals surface area contributed by atoms with Crippen LogP contribution in [0, 0.1) is 13.8 Å². The summed E-state index contributed by atoms with van der Waals surface area (Å²) >= 11 is 3.38. The third kappa shape index (κ3) is 4.88. The number of urea groups is 1. The van der Waals surface area contributed by atoms with Crippen LogP contribution in [0.25, 0.3) is 6.08 Å². The molecule has 1 aliphatic heterocycles. The molecule has 0 radical (unpaired) electrons. The zero-order valence-corrected chi connectivity index (χ0v) is 19.7. The molecule has 0 aromatic heterocycles. The normalized spacial score (nSPS) is 15.1. The fourth-order valence-electron chi connectivity index (χ4n) is 3.48. The van der Waals surface area contributed by atoms with Gasteiger partial charge in [0.05, 0.1) is 5.69 Å². The minimum Gasteiger partial charge on any atom is -0.488 e. The van der Waals surface area contributed by atoms with Crippen molar-refractivity contribution in [2.24, 2.45) is 0 Å². The fourth-order valence-corrected chi connectivity index (χ4v) is 3.95. The maximum Gasteiger partial charge on any atom is 0.335 e. The van der Waals surface area contributed by atoms with Crippen molar-refractivity contribution in [1.29, 1.82) is 0 Å². The number of aryl methyl sites for hydroxylation is 2. The zero-order valence-electron chi connectivity index (χ0n) is 18.1. The summed E-state index contributed by atoms with van der Waals surface area (Å²) in [7, 11) is 0. The van der Waals surface area contributed by atoms with Gasteiger partial charge in [0, 0.05) is 10.0 Å². The second-order valence-corrected chi connectivity index (χ2v) is 8.62. The van der Waals surface area contributed by atoms with Crippen LogP contribution in [0.15, 0.2) is 76.8 Å². The lowest BCUT2D eigenvalue weighted by Gasteiger charge is -2.27. The van der Waals surface area contributed by atoms with E-state index in [1.165, 1.54) is 6.08 Å². The Bertz CT molecular complexity index is 1280. The summed E-state index contributed by atoms with van der Waals surface area (Å²) in [4.78, 5) is 39.3. The monoisotopic (exact) mass is 504 g/mol. The second kappa shape index (κ2) is 9.42. The number of imide groups is 2. The van der Waals surface area contributed by atoms with E-state index in [9.17, 15) is 14.4 Å². The quantitative estimate of drug-likeness (QED) is 0.377. The molecule has 0 unspecified atom stereocenters. The minimum absolute atomic E-state index is 0.150. The zero-order chi connectivity index (χ0) is 23.5. The molecule has 1 fully saturated rings. The molecular formula is C26H21BrN2O4. The van der Waals surface area contributed by atoms with Crippen LogP contribution < -0.4 is 15.0 Å². The molecular weight excluding hydrogens is 484 g/mol. The molecule has 7 heteroatoms. The smallest absolute Gasteiger partial charge is 0.335 e. The lowest BCUT2D eigenvalue weighted by atomic mass is 10.0. The van der Waals surface area contributed by atoms with Crippen molar-refractivity contribution >= 4 is 45.5 Å². The summed E-state index contributed by atoms with van der Waals surface area (Å²) in [6.45, 7) is 4.14. The molecule has 4 amide bonds. The van der Waals surface area contributed by atoms with Crippen molar-refractivity contribution in [3.05, 3.63) is 99.0 Å². The van der Waals surface area contributed by atoms with E-state index in [1.54, 1.807) is 43.3 Å². The number of benzene rings is 3. The molecule has 0 saturated carbocycles. The third-order valence-corrected chi connectivity index (χ3v) is 5.73. The summed E-state index contributed by atoms with van der Waals surface area (Å²) in [5.41, 5.74) is 3.68. The van der Waals surface area contributed by atoms with Crippen molar-refractivity contribution in [3.63, 3.8) is 0 Å². The van der Waals surface area contributed by atoms with Crippen LogP contribution in [0.3, 0.4) is 0 Å². The first-order valence-electron chi connectivity index (χ1n) is 10.3. The Morgan fingerprint density at radius 2 is 1.70 bits per heavy atom. The highest BCUT2D eigenvalue weighted by atomic mass is 79.9. The van der Waals surface area contributed by atoms with Gasteiger partial charge in [0.2, 0.25) is 0 Å². The van der Waals surface area contributed by atoms with E-state index >= 15 is 0 Å². The Balaban J connectivity index is 1.65. The molecule has 0 aliphatic carbocycles. The first kappa shape index (κ1) is 22.5. The number of hydrogen-bond acceptors (Lipinski definition) is 4. The highest BCUT2D eigenvalue weighted by Crippen LogP contribution is 2.29. The van der Waals surface area contributed by atoms with Gasteiger partial charge in [0.25, 0.3) is 11.8 Å². The first-order valence-corrected chi connectivity index (χ1v) is 11.1. The molecule has 0 bridgehead atoms. The summed E-state index contributed by atoms with van der Waals surface area (Å²) in [6.07, 6.45) is 1.45. The van der Waals surface area contributed by atoms with Gasteiger partial charge < -0.3 is 4.74 Å². The summed E-state index contributed by atoms with van der Waals surface area (Å²) in [6, 6.07) is 19.5. The minimum atomic E-state index is -0.781. The predicted octanol–water partition coefficient (Wildman–Crippen LogP) is 5.31. The van der Waals surface area contributed by atoms with E-state index in [0.717, 1.165) is 20.5 Å². The fraction of sp³-hybridized carbons (Fsp3) is 0.115. The molecule has 4 rings (SSSR count). The Kier molecular flexibility index (Phi) is 6.42. The topological polar surface area (TPSA) is 75.7 Å². The highest BCUT2D eigenvalue weighted by Gasteiger charge is 2.37. The number of ether oxygens (including phenoxy) is 1. The third-order valence-electron chi connectivity index (χ3n) is 5.24. The number of hydrogen-bond donors (Lipinski definition) is 1. The van der Waals surface area contributed by atoms with Gasteiger partial charge >= 0.3 is 6.03 Å². The van der Waals surface area contributed by atoms with Gasteiger partial charge in [-0.25, -0.2) is 9.69 Å². The molecule has 1 heterocycles. The number of rotatable bonds is 5. The van der Waals surface area contributed by atoms with Crippen molar-refractivity contribution in [1.82, 2.24) is 5.32 Å². The van der Waals surface area contributed by atoms with Crippen LogP contribution in [0.4, 0.5) is 10.5 Å². The first-order chi connectivity index (χ1) is 15.8. The van der Waals surface area contributed by atoms with E-state index in [0.29, 0.717) is 29.2 Å². The SMILES string of the molecule is Cc1ccc(COc2ccccc2/C=C2/C(=O)NC(=O)N(c3ccc(Br)cc3C)C2=O)cc1. The molecule has 3 aromatic carbocycles. The van der Waals surface area contributed by atoms with E-state index < -0.39 is 17.8 Å². The van der Waals surface area contributed by atoms with Gasteiger partial charge in [0.15, 0.2) is 0 Å². The number of carbonyl (C=O) groups excluding carboxylic acids is 3. The number of halogens is 1. The van der Waals surface area contributed by atoms with Crippen LogP contribution in [-0.2, 0) is 16.2 Å². The van der Waals surface area contributed by atoms with E-state index in [1.807, 2.05) is 37.3 Å². The molecule has 0 spiro atoms. The Morgan fingerprint density at radius 3 is 2.42 bits per heavy atom. The van der Waals surface area contributed by atoms with Crippen LogP contribution in [-0.4, -0.2) is 17.8 Å². The van der Waals surface area contributed by atoms with Gasteiger partial charge in [-0.15, -0.1) is 0 Å². The summed E-state index contributed by atoms with van der Waals surface area (Å²) in [5, 5.41) is 2.26. The maximum atomic E-state index is 13.2. The Morgan fingerprint density at radius 1 is 0.970 bits per heavy atom. The number of anilines is 1. The molecule has 6 nitrogen and oxygen atoms in total. The number of nitrogens with one attached hydrogen (secondary N) is 1. The number of nitrogens with zero attached hydrogens (tertiary/aromatic N) is 1. The van der Waals surface area contributed by atoms with Crippen molar-refractivity contribution in [2.75, 3.05) is 4.90 Å². The van der Waals surface area contributed by atoms with Crippen LogP contribution >= 0.6 is 15.9 Å². The van der Waals surface area contributed by atoms with Crippen molar-refractivity contribution in [3.8, 4) is 5.75 Å². The summed E-state index contributed by atoms with van der Waals surface area (Å²) < 4.78 is 6.79. The number of amides is 4. The Labute approximate surface area is 200 Å². The average Bonchev–Trinajstić information content (AvgIpc) is 2.78. The number of para-hydroxylation sites is 1. The van der Waals surface area contributed by atoms with Crippen LogP contribution in [0.5, 0.6) is 5.75 Å². The van der Waals surface area contributed by atoms with E-state index in [2.05, 4.69) is 21.2 Å². The van der Waals surface area contributed by atoms with Gasteiger partial charge in [-0.2, -0.15) is 0 Å². The van der Waals surface area contributed by atoms with E-state index in [4.69, 9.17) is 4.74 Å². The molecule has 3 aromatic rings. The number of barbiturate groups is 1. The van der Waals surface area contributed by atoms with Gasteiger partial charge in [-0.1, -0.05) is 64.0 Å². The lowest BCUT2D eigenvalue weighted by molar-refractivity contribution is -0.122. The van der Waals surface area contributed by atoms with Gasteiger partial charge in [-0.05, 0) is 55.3 Å². The van der Waals surface area contributed by atoms with Gasteiger partial charge in [-0.3, -0.25) is 14.9 Å². The standard InChI is InChI=1S/C26H21BrN2O4/c1-16-7-9-18(10-8-16)15-33-23-6-4-3-5-19(23)14-21-24(30)28-26(32)29(25(21)31)22-12-11-20(27)13-17(22)2/h3-14H,15H2,1-2H3,(H,28,30,32)/b21-14-. The molecule has 166 valence electrons.